The SMILES string of the molecule is C=CCOCCOc1ccc(C(=O)C(C)(C)OCC=C)cc1. The number of carbonyl (C=O) groups is 1. The summed E-state index contributed by atoms with van der Waals surface area (Å²) in [5.74, 6) is 0.624. The normalized spacial score (nSPS) is 11.0. The molecule has 0 fully saturated rings. The molecule has 0 heterocycles. The van der Waals surface area contributed by atoms with Crippen LogP contribution in [0.4, 0.5) is 0 Å². The lowest BCUT2D eigenvalue weighted by molar-refractivity contribution is 0.00787. The predicted molar refractivity (Wildman–Crippen MR) is 87.5 cm³/mol. The fourth-order valence-corrected chi connectivity index (χ4v) is 1.77. The number of ether oxygens (including phenoxy) is 3. The fourth-order valence-electron chi connectivity index (χ4n) is 1.77. The standard InChI is InChI=1S/C18H24O4/c1-5-11-20-13-14-21-16-9-7-15(8-10-16)17(19)18(3,4)22-12-6-2/h5-10H,1-2,11-14H2,3-4H3. The third-order valence-corrected chi connectivity index (χ3v) is 2.96. The zero-order valence-corrected chi connectivity index (χ0v) is 13.3. The predicted octanol–water partition coefficient (Wildman–Crippen LogP) is 3.43. The van der Waals surface area contributed by atoms with E-state index < -0.39 is 5.60 Å². The molecule has 0 aliphatic carbocycles. The summed E-state index contributed by atoms with van der Waals surface area (Å²) in [5, 5.41) is 0. The number of hydrogen-bond acceptors (Lipinski definition) is 4. The molecule has 1 rings (SSSR count). The third-order valence-electron chi connectivity index (χ3n) is 2.96. The number of benzene rings is 1. The monoisotopic (exact) mass is 304 g/mol. The molecule has 0 spiro atoms. The van der Waals surface area contributed by atoms with Crippen LogP contribution in [-0.4, -0.2) is 37.8 Å². The van der Waals surface area contributed by atoms with Gasteiger partial charge in [0.15, 0.2) is 5.78 Å². The molecular formula is C18H24O4. The molecule has 0 bridgehead atoms. The Bertz CT molecular complexity index is 488. The number of hydrogen-bond donors (Lipinski definition) is 0. The van der Waals surface area contributed by atoms with Crippen molar-refractivity contribution < 1.29 is 19.0 Å². The molecule has 0 saturated heterocycles. The van der Waals surface area contributed by atoms with Crippen LogP contribution in [0.2, 0.25) is 0 Å². The van der Waals surface area contributed by atoms with E-state index in [-0.39, 0.29) is 5.78 Å². The van der Waals surface area contributed by atoms with Crippen molar-refractivity contribution in [3.63, 3.8) is 0 Å². The first-order chi connectivity index (χ1) is 10.5. The highest BCUT2D eigenvalue weighted by molar-refractivity contribution is 6.02. The number of ketones is 1. The van der Waals surface area contributed by atoms with E-state index in [0.29, 0.717) is 37.7 Å². The van der Waals surface area contributed by atoms with Crippen molar-refractivity contribution in [3.8, 4) is 5.75 Å². The third kappa shape index (κ3) is 5.84. The number of Topliss-reactive ketones (excluding diaryl/α,β-unsaturated/α-hetero) is 1. The van der Waals surface area contributed by atoms with Crippen molar-refractivity contribution in [1.82, 2.24) is 0 Å². The zero-order chi connectivity index (χ0) is 16.4. The summed E-state index contributed by atoms with van der Waals surface area (Å²) in [6, 6.07) is 7.01. The van der Waals surface area contributed by atoms with Gasteiger partial charge < -0.3 is 14.2 Å². The average molecular weight is 304 g/mol. The molecule has 22 heavy (non-hydrogen) atoms. The first kappa shape index (κ1) is 18.1. The van der Waals surface area contributed by atoms with E-state index in [9.17, 15) is 4.79 Å². The molecule has 0 aliphatic heterocycles. The Kier molecular flexibility index (Phi) is 7.57. The van der Waals surface area contributed by atoms with Gasteiger partial charge in [-0.25, -0.2) is 0 Å². The zero-order valence-electron chi connectivity index (χ0n) is 13.3. The van der Waals surface area contributed by atoms with Gasteiger partial charge in [0, 0.05) is 5.56 Å². The summed E-state index contributed by atoms with van der Waals surface area (Å²) in [7, 11) is 0. The summed E-state index contributed by atoms with van der Waals surface area (Å²) in [6.07, 6.45) is 3.32. The lowest BCUT2D eigenvalue weighted by Gasteiger charge is -2.23. The molecular weight excluding hydrogens is 280 g/mol. The molecule has 0 radical (unpaired) electrons. The summed E-state index contributed by atoms with van der Waals surface area (Å²) in [4.78, 5) is 12.4. The van der Waals surface area contributed by atoms with Crippen molar-refractivity contribution in [1.29, 1.82) is 0 Å². The number of rotatable bonds is 11. The maximum Gasteiger partial charge on any atom is 0.194 e. The molecule has 1 aromatic carbocycles. The van der Waals surface area contributed by atoms with E-state index in [4.69, 9.17) is 14.2 Å². The quantitative estimate of drug-likeness (QED) is 0.357. The van der Waals surface area contributed by atoms with Crippen molar-refractivity contribution in [2.75, 3.05) is 26.4 Å². The van der Waals surface area contributed by atoms with Crippen LogP contribution < -0.4 is 4.74 Å². The Hall–Kier alpha value is -1.91. The largest absolute Gasteiger partial charge is 0.491 e. The lowest BCUT2D eigenvalue weighted by atomic mass is 9.96. The molecule has 4 heteroatoms. The highest BCUT2D eigenvalue weighted by atomic mass is 16.5. The molecule has 0 N–H and O–H groups in total. The maximum atomic E-state index is 12.4. The lowest BCUT2D eigenvalue weighted by Crippen LogP contribution is -2.35. The molecule has 120 valence electrons. The molecule has 0 unspecified atom stereocenters. The Morgan fingerprint density at radius 3 is 2.32 bits per heavy atom. The number of carbonyl (C=O) groups excluding carboxylic acids is 1. The van der Waals surface area contributed by atoms with Gasteiger partial charge in [0.2, 0.25) is 0 Å². The van der Waals surface area contributed by atoms with Crippen LogP contribution in [0.25, 0.3) is 0 Å². The molecule has 4 nitrogen and oxygen atoms in total. The van der Waals surface area contributed by atoms with E-state index in [0.717, 1.165) is 0 Å². The minimum atomic E-state index is -0.880. The Morgan fingerprint density at radius 1 is 1.09 bits per heavy atom. The van der Waals surface area contributed by atoms with Gasteiger partial charge >= 0.3 is 0 Å². The average Bonchev–Trinajstić information content (AvgIpc) is 2.52. The van der Waals surface area contributed by atoms with Gasteiger partial charge in [-0.15, -0.1) is 13.2 Å². The smallest absolute Gasteiger partial charge is 0.194 e. The van der Waals surface area contributed by atoms with Crippen molar-refractivity contribution in [2.24, 2.45) is 0 Å². The molecule has 1 aromatic rings. The second-order valence-electron chi connectivity index (χ2n) is 5.18. The molecule has 0 amide bonds. The summed E-state index contributed by atoms with van der Waals surface area (Å²) in [5.41, 5.74) is -0.293. The van der Waals surface area contributed by atoms with E-state index in [2.05, 4.69) is 13.2 Å². The first-order valence-electron chi connectivity index (χ1n) is 7.22. The van der Waals surface area contributed by atoms with Gasteiger partial charge in [-0.1, -0.05) is 12.2 Å². The topological polar surface area (TPSA) is 44.8 Å². The van der Waals surface area contributed by atoms with Gasteiger partial charge in [0.05, 0.1) is 19.8 Å². The molecule has 0 atom stereocenters. The summed E-state index contributed by atoms with van der Waals surface area (Å²) >= 11 is 0. The second kappa shape index (κ2) is 9.18. The Labute approximate surface area is 132 Å². The van der Waals surface area contributed by atoms with E-state index >= 15 is 0 Å². The van der Waals surface area contributed by atoms with E-state index in [1.807, 2.05) is 0 Å². The highest BCUT2D eigenvalue weighted by Crippen LogP contribution is 2.20. The Morgan fingerprint density at radius 2 is 1.73 bits per heavy atom. The fraction of sp³-hybridized carbons (Fsp3) is 0.389. The molecule has 0 saturated carbocycles. The maximum absolute atomic E-state index is 12.4. The van der Waals surface area contributed by atoms with Gasteiger partial charge in [0.1, 0.15) is 18.0 Å². The van der Waals surface area contributed by atoms with Crippen LogP contribution in [0.1, 0.15) is 24.2 Å². The van der Waals surface area contributed by atoms with Crippen molar-refractivity contribution >= 4 is 5.78 Å². The van der Waals surface area contributed by atoms with Crippen molar-refractivity contribution in [3.05, 3.63) is 55.1 Å². The molecule has 0 aromatic heterocycles. The van der Waals surface area contributed by atoms with Crippen molar-refractivity contribution in [2.45, 2.75) is 19.4 Å². The van der Waals surface area contributed by atoms with Crippen LogP contribution in [0.3, 0.4) is 0 Å². The van der Waals surface area contributed by atoms with Crippen LogP contribution in [0.15, 0.2) is 49.6 Å². The van der Waals surface area contributed by atoms with Crippen LogP contribution >= 0.6 is 0 Å². The minimum Gasteiger partial charge on any atom is -0.491 e. The van der Waals surface area contributed by atoms with Gasteiger partial charge in [-0.05, 0) is 38.1 Å². The van der Waals surface area contributed by atoms with E-state index in [1.54, 1.807) is 50.3 Å². The first-order valence-corrected chi connectivity index (χ1v) is 7.22. The highest BCUT2D eigenvalue weighted by Gasteiger charge is 2.29. The van der Waals surface area contributed by atoms with E-state index in [1.165, 1.54) is 0 Å². The Balaban J connectivity index is 2.54. The minimum absolute atomic E-state index is 0.0739. The summed E-state index contributed by atoms with van der Waals surface area (Å²) in [6.45, 7) is 12.5. The molecule has 0 aliphatic rings. The van der Waals surface area contributed by atoms with Gasteiger partial charge in [0.25, 0.3) is 0 Å². The van der Waals surface area contributed by atoms with Crippen LogP contribution in [-0.2, 0) is 9.47 Å². The second-order valence-corrected chi connectivity index (χ2v) is 5.18. The summed E-state index contributed by atoms with van der Waals surface area (Å²) < 4.78 is 16.3. The van der Waals surface area contributed by atoms with Gasteiger partial charge in [-0.3, -0.25) is 4.79 Å². The van der Waals surface area contributed by atoms with Crippen LogP contribution in [0, 0.1) is 0 Å². The van der Waals surface area contributed by atoms with Gasteiger partial charge in [-0.2, -0.15) is 0 Å². The van der Waals surface area contributed by atoms with Crippen LogP contribution in [0.5, 0.6) is 5.75 Å².